The molecule has 2 aromatic heterocycles. The van der Waals surface area contributed by atoms with E-state index < -0.39 is 5.97 Å². The summed E-state index contributed by atoms with van der Waals surface area (Å²) in [5.74, 6) is 0.261. The van der Waals surface area contributed by atoms with Gasteiger partial charge in [-0.3, -0.25) is 4.79 Å². The lowest BCUT2D eigenvalue weighted by Gasteiger charge is -2.08. The van der Waals surface area contributed by atoms with Gasteiger partial charge in [0.2, 0.25) is 5.82 Å². The maximum absolute atomic E-state index is 13.5. The van der Waals surface area contributed by atoms with Crippen LogP contribution >= 0.6 is 15.9 Å². The van der Waals surface area contributed by atoms with Crippen LogP contribution in [-0.4, -0.2) is 27.0 Å². The minimum Gasteiger partial charge on any atom is -0.489 e. The van der Waals surface area contributed by atoms with Crippen LogP contribution in [0.1, 0.15) is 21.5 Å². The lowest BCUT2D eigenvalue weighted by Crippen LogP contribution is -2.20. The molecule has 0 amide bonds. The molecule has 6 rings (SSSR count). The smallest absolute Gasteiger partial charge is 0.335 e. The lowest BCUT2D eigenvalue weighted by atomic mass is 10.1. The van der Waals surface area contributed by atoms with E-state index in [0.717, 1.165) is 15.4 Å². The number of nitrogens with zero attached hydrogens (tertiary/aromatic N) is 3. The van der Waals surface area contributed by atoms with Crippen LogP contribution in [0.5, 0.6) is 5.75 Å². The zero-order valence-corrected chi connectivity index (χ0v) is 22.4. The van der Waals surface area contributed by atoms with Crippen molar-refractivity contribution in [2.45, 2.75) is 6.61 Å². The van der Waals surface area contributed by atoms with Gasteiger partial charge in [-0.2, -0.15) is 9.78 Å². The molecule has 0 saturated heterocycles. The number of fused-ring (bicyclic) bond motifs is 2. The van der Waals surface area contributed by atoms with Crippen molar-refractivity contribution in [3.63, 3.8) is 0 Å². The fourth-order valence-electron chi connectivity index (χ4n) is 4.28. The van der Waals surface area contributed by atoms with E-state index in [-0.39, 0.29) is 23.6 Å². The van der Waals surface area contributed by atoms with Gasteiger partial charge in [0, 0.05) is 9.86 Å². The number of aromatic carboxylic acids is 1. The van der Waals surface area contributed by atoms with Gasteiger partial charge in [-0.25, -0.2) is 9.78 Å². The van der Waals surface area contributed by atoms with E-state index in [2.05, 4.69) is 21.0 Å². The van der Waals surface area contributed by atoms with Crippen molar-refractivity contribution in [3.8, 4) is 17.3 Å². The Morgan fingerprint density at radius 1 is 1.00 bits per heavy atom. The highest BCUT2D eigenvalue weighted by Crippen LogP contribution is 2.29. The molecule has 0 aliphatic rings. The van der Waals surface area contributed by atoms with Gasteiger partial charge in [-0.05, 0) is 71.8 Å². The Hall–Kier alpha value is -5.02. The normalized spacial score (nSPS) is 11.4. The lowest BCUT2D eigenvalue weighted by molar-refractivity contribution is 0.0696. The first kappa shape index (κ1) is 25.3. The van der Waals surface area contributed by atoms with Gasteiger partial charge in [0.25, 0.3) is 5.56 Å². The van der Waals surface area contributed by atoms with Crippen LogP contribution < -0.4 is 10.3 Å². The molecule has 1 N–H and O–H groups in total. The molecule has 6 aromatic rings. The van der Waals surface area contributed by atoms with Gasteiger partial charge in [0.15, 0.2) is 5.76 Å². The van der Waals surface area contributed by atoms with E-state index in [0.29, 0.717) is 33.6 Å². The Morgan fingerprint density at radius 3 is 2.73 bits per heavy atom. The quantitative estimate of drug-likeness (QED) is 0.206. The second-order valence-corrected chi connectivity index (χ2v) is 9.89. The number of para-hydroxylation sites is 1. The van der Waals surface area contributed by atoms with Crippen LogP contribution in [0.3, 0.4) is 0 Å². The number of benzene rings is 4. The average Bonchev–Trinajstić information content (AvgIpc) is 3.39. The zero-order chi connectivity index (χ0) is 27.6. The first-order valence-electron chi connectivity index (χ1n) is 12.3. The molecule has 40 heavy (non-hydrogen) atoms. The van der Waals surface area contributed by atoms with Gasteiger partial charge in [0.05, 0.1) is 22.7 Å². The molecule has 0 fully saturated rings. The Balaban J connectivity index is 1.34. The summed E-state index contributed by atoms with van der Waals surface area (Å²) in [5.41, 5.74) is 2.49. The number of furan rings is 1. The number of ether oxygens (including phenoxy) is 1. The third-order valence-corrected chi connectivity index (χ3v) is 6.71. The monoisotopic (exact) mass is 593 g/mol. The highest BCUT2D eigenvalue weighted by molar-refractivity contribution is 9.10. The number of carboxylic acid groups (broad SMARTS) is 1. The molecular formula is C31H20BrN3O5. The van der Waals surface area contributed by atoms with Gasteiger partial charge in [0.1, 0.15) is 17.9 Å². The van der Waals surface area contributed by atoms with E-state index >= 15 is 0 Å². The highest BCUT2D eigenvalue weighted by Gasteiger charge is 2.16. The standard InChI is InChI=1S/C31H20BrN3O5/c32-23-11-12-27-22(15-23)16-28(40-27)29-34-26-10-2-1-9-25(26)30(36)35(29)33-17-19-5-4-8-24(14-19)39-18-20-6-3-7-21(13-20)31(37)38/h1-17H,18H2,(H,37,38). The van der Waals surface area contributed by atoms with E-state index in [1.54, 1.807) is 54.7 Å². The van der Waals surface area contributed by atoms with Gasteiger partial charge in [-0.1, -0.05) is 52.3 Å². The summed E-state index contributed by atoms with van der Waals surface area (Å²) >= 11 is 3.48. The van der Waals surface area contributed by atoms with Crippen molar-refractivity contribution in [2.24, 2.45) is 5.10 Å². The molecule has 4 aromatic carbocycles. The second-order valence-electron chi connectivity index (χ2n) is 8.97. The van der Waals surface area contributed by atoms with Gasteiger partial charge >= 0.3 is 5.97 Å². The Bertz CT molecular complexity index is 1990. The van der Waals surface area contributed by atoms with E-state index in [4.69, 9.17) is 14.1 Å². The Labute approximate surface area is 235 Å². The molecule has 0 aliphatic heterocycles. The maximum atomic E-state index is 13.5. The number of hydrogen-bond donors (Lipinski definition) is 1. The summed E-state index contributed by atoms with van der Waals surface area (Å²) in [4.78, 5) is 29.5. The fourth-order valence-corrected chi connectivity index (χ4v) is 4.66. The van der Waals surface area contributed by atoms with E-state index in [1.165, 1.54) is 10.7 Å². The number of carbonyl (C=O) groups is 1. The fraction of sp³-hybridized carbons (Fsp3) is 0.0323. The second kappa shape index (κ2) is 10.6. The van der Waals surface area contributed by atoms with Crippen molar-refractivity contribution in [2.75, 3.05) is 0 Å². The molecule has 0 bridgehead atoms. The first-order valence-corrected chi connectivity index (χ1v) is 13.0. The number of aromatic nitrogens is 2. The molecule has 0 saturated carbocycles. The molecule has 8 nitrogen and oxygen atoms in total. The molecule has 2 heterocycles. The molecule has 0 radical (unpaired) electrons. The predicted octanol–water partition coefficient (Wildman–Crippen LogP) is 6.73. The summed E-state index contributed by atoms with van der Waals surface area (Å²) in [5, 5.41) is 15.0. The van der Waals surface area contributed by atoms with Crippen molar-refractivity contribution in [1.29, 1.82) is 0 Å². The van der Waals surface area contributed by atoms with Crippen molar-refractivity contribution in [1.82, 2.24) is 9.66 Å². The number of carboxylic acids is 1. The van der Waals surface area contributed by atoms with Crippen LogP contribution in [0, 0.1) is 0 Å². The van der Waals surface area contributed by atoms with Crippen molar-refractivity contribution in [3.05, 3.63) is 129 Å². The highest BCUT2D eigenvalue weighted by atomic mass is 79.9. The molecule has 0 spiro atoms. The van der Waals surface area contributed by atoms with Crippen LogP contribution in [0.25, 0.3) is 33.5 Å². The third-order valence-electron chi connectivity index (χ3n) is 6.21. The van der Waals surface area contributed by atoms with Crippen LogP contribution in [0.15, 0.2) is 116 Å². The van der Waals surface area contributed by atoms with Gasteiger partial charge in [-0.15, -0.1) is 0 Å². The minimum atomic E-state index is -0.992. The van der Waals surface area contributed by atoms with Gasteiger partial charge < -0.3 is 14.3 Å². The Morgan fingerprint density at radius 2 is 1.85 bits per heavy atom. The van der Waals surface area contributed by atoms with E-state index in [1.807, 2.05) is 42.5 Å². The topological polar surface area (TPSA) is 107 Å². The van der Waals surface area contributed by atoms with Crippen molar-refractivity contribution < 1.29 is 19.1 Å². The molecule has 0 atom stereocenters. The summed E-state index contributed by atoms with van der Waals surface area (Å²) in [6.07, 6.45) is 1.55. The largest absolute Gasteiger partial charge is 0.489 e. The third kappa shape index (κ3) is 5.14. The summed E-state index contributed by atoms with van der Waals surface area (Å²) in [6, 6.07) is 28.4. The SMILES string of the molecule is O=C(O)c1cccc(COc2cccc(C=Nn3c(-c4cc5cc(Br)ccc5o4)nc4ccccc4c3=O)c2)c1. The summed E-state index contributed by atoms with van der Waals surface area (Å²) in [7, 11) is 0. The zero-order valence-electron chi connectivity index (χ0n) is 20.8. The molecular weight excluding hydrogens is 574 g/mol. The molecule has 0 aliphatic carbocycles. The molecule has 0 unspecified atom stereocenters. The summed E-state index contributed by atoms with van der Waals surface area (Å²) < 4.78 is 14.1. The molecule has 196 valence electrons. The van der Waals surface area contributed by atoms with Crippen LogP contribution in [0.4, 0.5) is 0 Å². The first-order chi connectivity index (χ1) is 19.4. The predicted molar refractivity (Wildman–Crippen MR) is 156 cm³/mol. The van der Waals surface area contributed by atoms with Crippen molar-refractivity contribution >= 4 is 50.0 Å². The number of halogens is 1. The maximum Gasteiger partial charge on any atom is 0.335 e. The molecule has 9 heteroatoms. The number of rotatable bonds is 7. The minimum absolute atomic E-state index is 0.197. The number of hydrogen-bond acceptors (Lipinski definition) is 6. The summed E-state index contributed by atoms with van der Waals surface area (Å²) in [6.45, 7) is 0.197. The Kier molecular flexibility index (Phi) is 6.71. The van der Waals surface area contributed by atoms with Crippen LogP contribution in [-0.2, 0) is 6.61 Å². The van der Waals surface area contributed by atoms with Crippen LogP contribution in [0.2, 0.25) is 0 Å². The average molecular weight is 594 g/mol. The van der Waals surface area contributed by atoms with E-state index in [9.17, 15) is 14.7 Å².